The number of nitrogens with one attached hydrogen (secondary N) is 1. The Morgan fingerprint density at radius 3 is 2.39 bits per heavy atom. The van der Waals surface area contributed by atoms with Gasteiger partial charge in [-0.15, -0.1) is 0 Å². The minimum absolute atomic E-state index is 0.00277. The summed E-state index contributed by atoms with van der Waals surface area (Å²) < 4.78 is 5.69. The Kier molecular flexibility index (Phi) is 6.05. The van der Waals surface area contributed by atoms with Crippen LogP contribution in [-0.4, -0.2) is 23.1 Å². The maximum absolute atomic E-state index is 5.69. The van der Waals surface area contributed by atoms with E-state index < -0.39 is 0 Å². The van der Waals surface area contributed by atoms with Crippen LogP contribution in [0, 0.1) is 6.92 Å². The van der Waals surface area contributed by atoms with Crippen LogP contribution >= 0.6 is 0 Å². The van der Waals surface area contributed by atoms with Crippen molar-refractivity contribution in [3.05, 3.63) is 17.1 Å². The third-order valence-electron chi connectivity index (χ3n) is 2.96. The molecule has 0 aliphatic carbocycles. The molecule has 1 heterocycles. The van der Waals surface area contributed by atoms with E-state index in [1.165, 1.54) is 5.56 Å². The normalized spacial score (nSPS) is 12.5. The molecule has 0 aromatic carbocycles. The van der Waals surface area contributed by atoms with Gasteiger partial charge in [-0.2, -0.15) is 0 Å². The highest BCUT2D eigenvalue weighted by Crippen LogP contribution is 2.23. The Morgan fingerprint density at radius 2 is 1.89 bits per heavy atom. The number of aryl methyl sites for hydroxylation is 1. The van der Waals surface area contributed by atoms with Gasteiger partial charge in [-0.25, -0.2) is 9.97 Å². The molecule has 0 amide bonds. The summed E-state index contributed by atoms with van der Waals surface area (Å²) in [7, 11) is 0. The number of hydrogen-bond acceptors (Lipinski definition) is 4. The summed E-state index contributed by atoms with van der Waals surface area (Å²) in [6, 6.07) is 0. The van der Waals surface area contributed by atoms with Gasteiger partial charge in [0.25, 0.3) is 0 Å². The van der Waals surface area contributed by atoms with Crippen LogP contribution in [0.1, 0.15) is 57.3 Å². The van der Waals surface area contributed by atoms with Crippen molar-refractivity contribution in [3.8, 4) is 0 Å². The van der Waals surface area contributed by atoms with Crippen molar-refractivity contribution in [1.29, 1.82) is 0 Å². The van der Waals surface area contributed by atoms with Crippen LogP contribution < -0.4 is 5.32 Å². The van der Waals surface area contributed by atoms with Crippen LogP contribution in [0.3, 0.4) is 0 Å². The summed E-state index contributed by atoms with van der Waals surface area (Å²) in [6.07, 6.45) is 1.83. The molecule has 1 aromatic rings. The SMILES string of the molecule is CCNc1nc(C(CC)OCC)nc(C)c1CC. The van der Waals surface area contributed by atoms with Gasteiger partial charge in [0.15, 0.2) is 5.82 Å². The van der Waals surface area contributed by atoms with Gasteiger partial charge in [-0.1, -0.05) is 13.8 Å². The molecule has 1 unspecified atom stereocenters. The molecule has 1 atom stereocenters. The van der Waals surface area contributed by atoms with Crippen molar-refractivity contribution in [1.82, 2.24) is 9.97 Å². The average molecular weight is 251 g/mol. The van der Waals surface area contributed by atoms with E-state index in [9.17, 15) is 0 Å². The predicted molar refractivity (Wildman–Crippen MR) is 75.0 cm³/mol. The predicted octanol–water partition coefficient (Wildman–Crippen LogP) is 3.27. The van der Waals surface area contributed by atoms with E-state index in [0.717, 1.165) is 36.7 Å². The minimum atomic E-state index is -0.00277. The van der Waals surface area contributed by atoms with Crippen LogP contribution in [0.5, 0.6) is 0 Å². The third-order valence-corrected chi connectivity index (χ3v) is 2.96. The second-order valence-electron chi connectivity index (χ2n) is 4.23. The van der Waals surface area contributed by atoms with Crippen LogP contribution in [0.2, 0.25) is 0 Å². The highest BCUT2D eigenvalue weighted by molar-refractivity contribution is 5.46. The Labute approximate surface area is 110 Å². The first-order valence-corrected chi connectivity index (χ1v) is 6.90. The fraction of sp³-hybridized carbons (Fsp3) is 0.714. The molecule has 1 N–H and O–H groups in total. The summed E-state index contributed by atoms with van der Waals surface area (Å²) in [4.78, 5) is 9.24. The molecule has 4 nitrogen and oxygen atoms in total. The number of rotatable bonds is 7. The molecule has 18 heavy (non-hydrogen) atoms. The highest BCUT2D eigenvalue weighted by Gasteiger charge is 2.16. The quantitative estimate of drug-likeness (QED) is 0.808. The van der Waals surface area contributed by atoms with E-state index >= 15 is 0 Å². The van der Waals surface area contributed by atoms with Gasteiger partial charge in [0.2, 0.25) is 0 Å². The average Bonchev–Trinajstić information content (AvgIpc) is 2.36. The first kappa shape index (κ1) is 14.9. The Hall–Kier alpha value is -1.16. The maximum Gasteiger partial charge on any atom is 0.159 e. The molecular weight excluding hydrogens is 226 g/mol. The Balaban J connectivity index is 3.13. The van der Waals surface area contributed by atoms with E-state index in [2.05, 4.69) is 36.1 Å². The van der Waals surface area contributed by atoms with Crippen LogP contribution in [0.25, 0.3) is 0 Å². The molecule has 1 aromatic heterocycles. The molecule has 0 aliphatic rings. The maximum atomic E-state index is 5.69. The highest BCUT2D eigenvalue weighted by atomic mass is 16.5. The monoisotopic (exact) mass is 251 g/mol. The number of ether oxygens (including phenoxy) is 1. The van der Waals surface area contributed by atoms with Gasteiger partial charge < -0.3 is 10.1 Å². The summed E-state index contributed by atoms with van der Waals surface area (Å²) >= 11 is 0. The van der Waals surface area contributed by atoms with Crippen LogP contribution in [0.4, 0.5) is 5.82 Å². The first-order chi connectivity index (χ1) is 8.67. The van der Waals surface area contributed by atoms with E-state index in [-0.39, 0.29) is 6.10 Å². The topological polar surface area (TPSA) is 47.0 Å². The van der Waals surface area contributed by atoms with Gasteiger partial charge in [0.1, 0.15) is 11.9 Å². The summed E-state index contributed by atoms with van der Waals surface area (Å²) in [6.45, 7) is 11.9. The zero-order valence-corrected chi connectivity index (χ0v) is 12.2. The number of aromatic nitrogens is 2. The third kappa shape index (κ3) is 3.42. The standard InChI is InChI=1S/C14H25N3O/c1-6-11-10(5)16-14(12(7-2)18-9-4)17-13(11)15-8-3/h12H,6-9H2,1-5H3,(H,15,16,17). The Morgan fingerprint density at radius 1 is 1.17 bits per heavy atom. The molecule has 0 spiro atoms. The van der Waals surface area contributed by atoms with E-state index in [4.69, 9.17) is 4.74 Å². The number of nitrogens with zero attached hydrogens (tertiary/aromatic N) is 2. The summed E-state index contributed by atoms with van der Waals surface area (Å²) in [5.74, 6) is 1.76. The molecule has 0 bridgehead atoms. The van der Waals surface area contributed by atoms with E-state index in [1.807, 2.05) is 13.8 Å². The number of hydrogen-bond donors (Lipinski definition) is 1. The van der Waals surface area contributed by atoms with Crippen molar-refractivity contribution < 1.29 is 4.74 Å². The van der Waals surface area contributed by atoms with Crippen molar-refractivity contribution >= 4 is 5.82 Å². The van der Waals surface area contributed by atoms with Gasteiger partial charge in [-0.3, -0.25) is 0 Å². The zero-order valence-electron chi connectivity index (χ0n) is 12.2. The lowest BCUT2D eigenvalue weighted by atomic mass is 10.1. The molecule has 0 aliphatic heterocycles. The summed E-state index contributed by atoms with van der Waals surface area (Å²) in [5, 5.41) is 3.32. The fourth-order valence-corrected chi connectivity index (χ4v) is 2.07. The lowest BCUT2D eigenvalue weighted by Gasteiger charge is -2.18. The van der Waals surface area contributed by atoms with Crippen molar-refractivity contribution in [2.45, 2.75) is 53.6 Å². The second-order valence-corrected chi connectivity index (χ2v) is 4.23. The van der Waals surface area contributed by atoms with Crippen LogP contribution in [-0.2, 0) is 11.2 Å². The van der Waals surface area contributed by atoms with Crippen molar-refractivity contribution in [3.63, 3.8) is 0 Å². The molecule has 0 radical (unpaired) electrons. The van der Waals surface area contributed by atoms with Crippen molar-refractivity contribution in [2.75, 3.05) is 18.5 Å². The van der Waals surface area contributed by atoms with Gasteiger partial charge in [0.05, 0.1) is 0 Å². The summed E-state index contributed by atoms with van der Waals surface area (Å²) in [5.41, 5.74) is 2.25. The van der Waals surface area contributed by atoms with Crippen molar-refractivity contribution in [2.24, 2.45) is 0 Å². The van der Waals surface area contributed by atoms with E-state index in [1.54, 1.807) is 0 Å². The number of anilines is 1. The van der Waals surface area contributed by atoms with Crippen LogP contribution in [0.15, 0.2) is 0 Å². The molecular formula is C14H25N3O. The second kappa shape index (κ2) is 7.31. The molecule has 4 heteroatoms. The minimum Gasteiger partial charge on any atom is -0.371 e. The lowest BCUT2D eigenvalue weighted by molar-refractivity contribution is 0.0534. The zero-order chi connectivity index (χ0) is 13.5. The van der Waals surface area contributed by atoms with Gasteiger partial charge >= 0.3 is 0 Å². The molecule has 102 valence electrons. The largest absolute Gasteiger partial charge is 0.371 e. The van der Waals surface area contributed by atoms with Gasteiger partial charge in [-0.05, 0) is 33.6 Å². The lowest BCUT2D eigenvalue weighted by Crippen LogP contribution is -2.14. The van der Waals surface area contributed by atoms with E-state index in [0.29, 0.717) is 6.61 Å². The molecule has 0 saturated heterocycles. The molecule has 0 fully saturated rings. The first-order valence-electron chi connectivity index (χ1n) is 6.90. The molecule has 0 saturated carbocycles. The fourth-order valence-electron chi connectivity index (χ4n) is 2.07. The smallest absolute Gasteiger partial charge is 0.159 e. The molecule has 1 rings (SSSR count). The Bertz CT molecular complexity index is 380. The van der Waals surface area contributed by atoms with Gasteiger partial charge in [0, 0.05) is 24.4 Å².